The standard InChI is InChI=1S/C13H18N2O2/c1-10-9-14(2)7-8-15(10)12-5-3-11(4-6-12)13(16)17/h3-6,10H,7-9H2,1-2H3,(H,16,17). The Kier molecular flexibility index (Phi) is 3.33. The van der Waals surface area contributed by atoms with Gasteiger partial charge in [-0.15, -0.1) is 0 Å². The van der Waals surface area contributed by atoms with Gasteiger partial charge in [0, 0.05) is 31.4 Å². The smallest absolute Gasteiger partial charge is 0.335 e. The largest absolute Gasteiger partial charge is 0.478 e. The van der Waals surface area contributed by atoms with Crippen LogP contribution in [-0.4, -0.2) is 48.7 Å². The number of carboxylic acids is 1. The third kappa shape index (κ3) is 2.58. The topological polar surface area (TPSA) is 43.8 Å². The summed E-state index contributed by atoms with van der Waals surface area (Å²) < 4.78 is 0. The van der Waals surface area contributed by atoms with Gasteiger partial charge in [-0.2, -0.15) is 0 Å². The monoisotopic (exact) mass is 234 g/mol. The maximum atomic E-state index is 10.8. The summed E-state index contributed by atoms with van der Waals surface area (Å²) in [7, 11) is 2.13. The number of likely N-dealkylation sites (N-methyl/N-ethyl adjacent to an activating group) is 1. The number of carboxylic acid groups (broad SMARTS) is 1. The van der Waals surface area contributed by atoms with E-state index in [1.807, 2.05) is 12.1 Å². The highest BCUT2D eigenvalue weighted by molar-refractivity contribution is 5.88. The number of anilines is 1. The highest BCUT2D eigenvalue weighted by Gasteiger charge is 2.21. The maximum absolute atomic E-state index is 10.8. The molecule has 0 spiro atoms. The first-order valence-corrected chi connectivity index (χ1v) is 5.86. The van der Waals surface area contributed by atoms with Gasteiger partial charge >= 0.3 is 5.97 Å². The Morgan fingerprint density at radius 1 is 1.29 bits per heavy atom. The minimum Gasteiger partial charge on any atom is -0.478 e. The van der Waals surface area contributed by atoms with Crippen LogP contribution in [0.25, 0.3) is 0 Å². The van der Waals surface area contributed by atoms with Gasteiger partial charge in [0.25, 0.3) is 0 Å². The Bertz CT molecular complexity index is 402. The Labute approximate surface area is 101 Å². The van der Waals surface area contributed by atoms with Gasteiger partial charge in [0.15, 0.2) is 0 Å². The first-order chi connectivity index (χ1) is 8.08. The highest BCUT2D eigenvalue weighted by atomic mass is 16.4. The quantitative estimate of drug-likeness (QED) is 0.842. The second-order valence-corrected chi connectivity index (χ2v) is 4.66. The van der Waals surface area contributed by atoms with E-state index in [-0.39, 0.29) is 0 Å². The zero-order valence-electron chi connectivity index (χ0n) is 10.3. The van der Waals surface area contributed by atoms with Crippen molar-refractivity contribution in [2.75, 3.05) is 31.6 Å². The Hall–Kier alpha value is -1.55. The molecule has 1 aromatic carbocycles. The van der Waals surface area contributed by atoms with Crippen LogP contribution >= 0.6 is 0 Å². The molecule has 0 saturated carbocycles. The minimum atomic E-state index is -0.872. The zero-order valence-corrected chi connectivity index (χ0v) is 10.3. The number of carbonyl (C=O) groups is 1. The number of hydrogen-bond acceptors (Lipinski definition) is 3. The van der Waals surface area contributed by atoms with Crippen molar-refractivity contribution in [1.29, 1.82) is 0 Å². The molecule has 1 unspecified atom stereocenters. The molecular formula is C13H18N2O2. The van der Waals surface area contributed by atoms with Crippen molar-refractivity contribution in [2.24, 2.45) is 0 Å². The van der Waals surface area contributed by atoms with E-state index in [1.165, 1.54) is 0 Å². The van der Waals surface area contributed by atoms with Gasteiger partial charge in [-0.1, -0.05) is 0 Å². The van der Waals surface area contributed by atoms with Gasteiger partial charge in [-0.25, -0.2) is 4.79 Å². The maximum Gasteiger partial charge on any atom is 0.335 e. The highest BCUT2D eigenvalue weighted by Crippen LogP contribution is 2.20. The Morgan fingerprint density at radius 3 is 2.47 bits per heavy atom. The summed E-state index contributed by atoms with van der Waals surface area (Å²) in [4.78, 5) is 15.4. The number of rotatable bonds is 2. The van der Waals surface area contributed by atoms with Gasteiger partial charge in [-0.3, -0.25) is 0 Å². The predicted molar refractivity (Wildman–Crippen MR) is 67.7 cm³/mol. The number of hydrogen-bond donors (Lipinski definition) is 1. The van der Waals surface area contributed by atoms with Crippen LogP contribution in [0.4, 0.5) is 5.69 Å². The molecule has 1 N–H and O–H groups in total. The molecule has 1 aliphatic rings. The van der Waals surface area contributed by atoms with E-state index in [2.05, 4.69) is 23.8 Å². The molecule has 1 atom stereocenters. The van der Waals surface area contributed by atoms with Crippen LogP contribution in [0.3, 0.4) is 0 Å². The third-order valence-electron chi connectivity index (χ3n) is 3.28. The fourth-order valence-electron chi connectivity index (χ4n) is 2.32. The second-order valence-electron chi connectivity index (χ2n) is 4.66. The first kappa shape index (κ1) is 11.9. The lowest BCUT2D eigenvalue weighted by Crippen LogP contribution is -2.50. The van der Waals surface area contributed by atoms with E-state index in [4.69, 9.17) is 5.11 Å². The average Bonchev–Trinajstić information content (AvgIpc) is 2.29. The average molecular weight is 234 g/mol. The number of benzene rings is 1. The molecule has 4 heteroatoms. The van der Waals surface area contributed by atoms with Crippen molar-refractivity contribution in [2.45, 2.75) is 13.0 Å². The fourth-order valence-corrected chi connectivity index (χ4v) is 2.32. The van der Waals surface area contributed by atoms with Gasteiger partial charge in [-0.05, 0) is 38.2 Å². The molecule has 0 amide bonds. The number of nitrogens with zero attached hydrogens (tertiary/aromatic N) is 2. The molecule has 4 nitrogen and oxygen atoms in total. The predicted octanol–water partition coefficient (Wildman–Crippen LogP) is 1.53. The number of aromatic carboxylic acids is 1. The minimum absolute atomic E-state index is 0.343. The lowest BCUT2D eigenvalue weighted by Gasteiger charge is -2.39. The van der Waals surface area contributed by atoms with Gasteiger partial charge < -0.3 is 14.9 Å². The van der Waals surface area contributed by atoms with E-state index in [0.29, 0.717) is 11.6 Å². The van der Waals surface area contributed by atoms with Crippen LogP contribution in [0.2, 0.25) is 0 Å². The van der Waals surface area contributed by atoms with E-state index >= 15 is 0 Å². The molecule has 1 saturated heterocycles. The first-order valence-electron chi connectivity index (χ1n) is 5.86. The van der Waals surface area contributed by atoms with E-state index < -0.39 is 5.97 Å². The number of piperazine rings is 1. The molecule has 92 valence electrons. The van der Waals surface area contributed by atoms with Crippen LogP contribution in [-0.2, 0) is 0 Å². The molecule has 0 aromatic heterocycles. The summed E-state index contributed by atoms with van der Waals surface area (Å²) in [5, 5.41) is 8.85. The molecule has 0 aliphatic carbocycles. The molecule has 0 radical (unpaired) electrons. The van der Waals surface area contributed by atoms with Crippen LogP contribution in [0.5, 0.6) is 0 Å². The zero-order chi connectivity index (χ0) is 12.4. The lowest BCUT2D eigenvalue weighted by atomic mass is 10.1. The van der Waals surface area contributed by atoms with E-state index in [9.17, 15) is 4.79 Å². The lowest BCUT2D eigenvalue weighted by molar-refractivity contribution is 0.0697. The fraction of sp³-hybridized carbons (Fsp3) is 0.462. The molecule has 1 aliphatic heterocycles. The van der Waals surface area contributed by atoms with Gasteiger partial charge in [0.05, 0.1) is 5.56 Å². The summed E-state index contributed by atoms with van der Waals surface area (Å²) in [6.07, 6.45) is 0. The summed E-state index contributed by atoms with van der Waals surface area (Å²) in [6.45, 7) is 5.27. The van der Waals surface area contributed by atoms with Crippen molar-refractivity contribution in [3.63, 3.8) is 0 Å². The summed E-state index contributed by atoms with van der Waals surface area (Å²) in [6, 6.07) is 7.59. The van der Waals surface area contributed by atoms with Gasteiger partial charge in [0.2, 0.25) is 0 Å². The van der Waals surface area contributed by atoms with Crippen LogP contribution in [0.15, 0.2) is 24.3 Å². The molecular weight excluding hydrogens is 216 g/mol. The molecule has 1 aromatic rings. The van der Waals surface area contributed by atoms with Crippen molar-refractivity contribution in [3.8, 4) is 0 Å². The van der Waals surface area contributed by atoms with Crippen molar-refractivity contribution < 1.29 is 9.90 Å². The molecule has 1 fully saturated rings. The third-order valence-corrected chi connectivity index (χ3v) is 3.28. The summed E-state index contributed by atoms with van der Waals surface area (Å²) in [5.41, 5.74) is 1.45. The molecule has 17 heavy (non-hydrogen) atoms. The van der Waals surface area contributed by atoms with Crippen molar-refractivity contribution >= 4 is 11.7 Å². The van der Waals surface area contributed by atoms with E-state index in [1.54, 1.807) is 12.1 Å². The van der Waals surface area contributed by atoms with Crippen LogP contribution in [0.1, 0.15) is 17.3 Å². The summed E-state index contributed by atoms with van der Waals surface area (Å²) in [5.74, 6) is -0.872. The second kappa shape index (κ2) is 4.75. The van der Waals surface area contributed by atoms with Crippen molar-refractivity contribution in [1.82, 2.24) is 4.90 Å². The van der Waals surface area contributed by atoms with Crippen LogP contribution < -0.4 is 4.90 Å². The van der Waals surface area contributed by atoms with Crippen molar-refractivity contribution in [3.05, 3.63) is 29.8 Å². The molecule has 1 heterocycles. The molecule has 2 rings (SSSR count). The molecule has 0 bridgehead atoms. The van der Waals surface area contributed by atoms with Crippen LogP contribution in [0, 0.1) is 0 Å². The normalized spacial score (nSPS) is 21.5. The van der Waals surface area contributed by atoms with E-state index in [0.717, 1.165) is 25.3 Å². The SMILES string of the molecule is CC1CN(C)CCN1c1ccc(C(=O)O)cc1. The van der Waals surface area contributed by atoms with Gasteiger partial charge in [0.1, 0.15) is 0 Å². The summed E-state index contributed by atoms with van der Waals surface area (Å²) >= 11 is 0. The Balaban J connectivity index is 2.14. The Morgan fingerprint density at radius 2 is 1.94 bits per heavy atom.